The minimum absolute atomic E-state index is 0.0336. The molecule has 0 amide bonds. The standard InChI is InChI=1S/C41H48F2N4O4Si/c1-24(2)52(25(3)4,26(5)6)17-11-29-32(42)9-8-27-18-28(49)19-30(34(27)29)36-35(43)37-31(20-44-36)38(46-39(45-37)51-23-40(22-48)14-15-40)47-16-7-12-41(21-47)13-10-33(41)50/h8-9,18-20,24-26,48-49H,7,10,12-16,21-23H2,1-6H3/t41-/m0/s1. The van der Waals surface area contributed by atoms with E-state index >= 15 is 8.78 Å². The number of ketones is 1. The lowest BCUT2D eigenvalue weighted by Crippen LogP contribution is -2.53. The van der Waals surface area contributed by atoms with E-state index in [0.717, 1.165) is 32.1 Å². The average molecular weight is 727 g/mol. The van der Waals surface area contributed by atoms with Gasteiger partial charge in [-0.1, -0.05) is 53.5 Å². The monoisotopic (exact) mass is 726 g/mol. The third kappa shape index (κ3) is 6.01. The second-order valence-electron chi connectivity index (χ2n) is 16.3. The van der Waals surface area contributed by atoms with E-state index in [0.29, 0.717) is 58.1 Å². The molecule has 7 rings (SSSR count). The fourth-order valence-electron chi connectivity index (χ4n) is 8.92. The van der Waals surface area contributed by atoms with Crippen LogP contribution in [0.2, 0.25) is 16.6 Å². The van der Waals surface area contributed by atoms with E-state index in [1.54, 1.807) is 6.07 Å². The molecule has 1 saturated heterocycles. The molecule has 2 aromatic heterocycles. The van der Waals surface area contributed by atoms with Crippen LogP contribution < -0.4 is 9.64 Å². The Bertz CT molecular complexity index is 2120. The maximum atomic E-state index is 17.2. The molecule has 3 heterocycles. The van der Waals surface area contributed by atoms with Crippen molar-refractivity contribution in [2.24, 2.45) is 10.8 Å². The van der Waals surface area contributed by atoms with Crippen LogP contribution in [0.1, 0.15) is 85.6 Å². The number of benzene rings is 2. The third-order valence-corrected chi connectivity index (χ3v) is 18.6. The molecule has 3 fully saturated rings. The van der Waals surface area contributed by atoms with Crippen LogP contribution in [0.3, 0.4) is 0 Å². The highest BCUT2D eigenvalue weighted by molar-refractivity contribution is 6.90. The lowest BCUT2D eigenvalue weighted by molar-refractivity contribution is -0.138. The maximum absolute atomic E-state index is 17.2. The highest BCUT2D eigenvalue weighted by Gasteiger charge is 2.49. The smallest absolute Gasteiger partial charge is 0.319 e. The predicted octanol–water partition coefficient (Wildman–Crippen LogP) is 8.50. The van der Waals surface area contributed by atoms with E-state index in [2.05, 4.69) is 63.0 Å². The quantitative estimate of drug-likeness (QED) is 0.131. The van der Waals surface area contributed by atoms with Gasteiger partial charge in [0, 0.05) is 47.5 Å². The number of aromatic nitrogens is 3. The van der Waals surface area contributed by atoms with E-state index in [-0.39, 0.29) is 58.5 Å². The van der Waals surface area contributed by atoms with Gasteiger partial charge in [0.2, 0.25) is 0 Å². The van der Waals surface area contributed by atoms with E-state index in [1.165, 1.54) is 24.4 Å². The second kappa shape index (κ2) is 13.4. The van der Waals surface area contributed by atoms with Gasteiger partial charge in [-0.05, 0) is 72.3 Å². The number of phenolic OH excluding ortho intramolecular Hbond substituents is 1. The molecular formula is C41H48F2N4O4Si. The van der Waals surface area contributed by atoms with Crippen LogP contribution in [0, 0.1) is 33.9 Å². The number of aliphatic hydroxyl groups excluding tert-OH is 1. The van der Waals surface area contributed by atoms with Crippen LogP contribution in [-0.2, 0) is 4.79 Å². The van der Waals surface area contributed by atoms with Gasteiger partial charge in [0.15, 0.2) is 5.82 Å². The van der Waals surface area contributed by atoms with Crippen LogP contribution in [0.5, 0.6) is 11.8 Å². The zero-order chi connectivity index (χ0) is 37.2. The number of ether oxygens (including phenoxy) is 1. The largest absolute Gasteiger partial charge is 0.508 e. The number of aromatic hydroxyl groups is 1. The van der Waals surface area contributed by atoms with Crippen LogP contribution in [0.4, 0.5) is 14.6 Å². The van der Waals surface area contributed by atoms with Gasteiger partial charge >= 0.3 is 6.01 Å². The molecule has 52 heavy (non-hydrogen) atoms. The summed E-state index contributed by atoms with van der Waals surface area (Å²) in [5, 5.41) is 22.0. The summed E-state index contributed by atoms with van der Waals surface area (Å²) in [6, 6.07) is 5.79. The summed E-state index contributed by atoms with van der Waals surface area (Å²) in [6.45, 7) is 14.4. The first-order chi connectivity index (χ1) is 24.7. The molecule has 1 atom stereocenters. The summed E-state index contributed by atoms with van der Waals surface area (Å²) in [7, 11) is -2.28. The van der Waals surface area contributed by atoms with Gasteiger partial charge in [0.05, 0.1) is 24.2 Å². The molecule has 274 valence electrons. The number of pyridine rings is 1. The van der Waals surface area contributed by atoms with Crippen molar-refractivity contribution in [2.45, 2.75) is 96.7 Å². The maximum Gasteiger partial charge on any atom is 0.319 e. The third-order valence-electron chi connectivity index (χ3n) is 12.3. The number of nitrogens with zero attached hydrogens (tertiary/aromatic N) is 4. The Morgan fingerprint density at radius 1 is 1.02 bits per heavy atom. The topological polar surface area (TPSA) is 109 Å². The molecule has 0 unspecified atom stereocenters. The van der Waals surface area contributed by atoms with Crippen molar-refractivity contribution in [3.05, 3.63) is 47.7 Å². The summed E-state index contributed by atoms with van der Waals surface area (Å²) < 4.78 is 39.2. The van der Waals surface area contributed by atoms with Crippen LogP contribution in [0.25, 0.3) is 32.9 Å². The first-order valence-electron chi connectivity index (χ1n) is 18.6. The number of rotatable bonds is 9. The molecule has 2 N–H and O–H groups in total. The number of piperidine rings is 1. The van der Waals surface area contributed by atoms with Crippen molar-refractivity contribution in [3.63, 3.8) is 0 Å². The first kappa shape index (κ1) is 36.2. The SMILES string of the molecule is CC(C)[Si](C#Cc1c(F)ccc2cc(O)cc(-c3ncc4c(N5CCC[C@]6(CCC6=O)C5)nc(OCC5(CO)CC5)nc4c3F)c12)(C(C)C)C(C)C. The second-order valence-corrected chi connectivity index (χ2v) is 21.9. The molecule has 3 aliphatic rings. The van der Waals surface area contributed by atoms with Gasteiger partial charge in [-0.2, -0.15) is 9.97 Å². The normalized spacial score (nSPS) is 19.8. The number of carbonyl (C=O) groups excluding carboxylic acids is 1. The summed E-state index contributed by atoms with van der Waals surface area (Å²) >= 11 is 0. The van der Waals surface area contributed by atoms with Crippen molar-refractivity contribution < 1.29 is 28.5 Å². The Balaban J connectivity index is 1.42. The number of Topliss-reactive ketones (excluding diaryl/α,β-unsaturated/α-hetero) is 1. The van der Waals surface area contributed by atoms with Gasteiger partial charge in [-0.3, -0.25) is 9.78 Å². The Morgan fingerprint density at radius 2 is 1.75 bits per heavy atom. The first-order valence-corrected chi connectivity index (χ1v) is 20.8. The van der Waals surface area contributed by atoms with Gasteiger partial charge in [-0.25, -0.2) is 8.78 Å². The Morgan fingerprint density at radius 3 is 2.37 bits per heavy atom. The van der Waals surface area contributed by atoms with Crippen molar-refractivity contribution in [1.82, 2.24) is 15.0 Å². The highest BCUT2D eigenvalue weighted by atomic mass is 28.3. The highest BCUT2D eigenvalue weighted by Crippen LogP contribution is 2.48. The average Bonchev–Trinajstić information content (AvgIpc) is 3.91. The number of carbonyl (C=O) groups is 1. The zero-order valence-corrected chi connectivity index (χ0v) is 31.9. The molecule has 0 bridgehead atoms. The molecule has 4 aromatic rings. The Kier molecular flexibility index (Phi) is 9.31. The molecule has 11 heteroatoms. The van der Waals surface area contributed by atoms with Crippen LogP contribution >= 0.6 is 0 Å². The zero-order valence-electron chi connectivity index (χ0n) is 30.9. The predicted molar refractivity (Wildman–Crippen MR) is 202 cm³/mol. The Hall–Kier alpha value is -4.14. The lowest BCUT2D eigenvalue weighted by atomic mass is 9.63. The minimum Gasteiger partial charge on any atom is -0.508 e. The van der Waals surface area contributed by atoms with Gasteiger partial charge in [-0.15, -0.1) is 5.54 Å². The molecule has 2 aliphatic carbocycles. The summed E-state index contributed by atoms with van der Waals surface area (Å²) in [5.41, 5.74) is 3.95. The number of hydrogen-bond donors (Lipinski definition) is 2. The van der Waals surface area contributed by atoms with Crippen LogP contribution in [0.15, 0.2) is 30.5 Å². The van der Waals surface area contributed by atoms with Gasteiger partial charge in [0.25, 0.3) is 0 Å². The van der Waals surface area contributed by atoms with Crippen LogP contribution in [-0.4, -0.2) is 65.3 Å². The number of phenols is 1. The van der Waals surface area contributed by atoms with Crippen molar-refractivity contribution in [3.8, 4) is 34.5 Å². The molecule has 1 aliphatic heterocycles. The van der Waals surface area contributed by atoms with Gasteiger partial charge in [0.1, 0.15) is 42.5 Å². The summed E-state index contributed by atoms with van der Waals surface area (Å²) in [4.78, 5) is 28.7. The van der Waals surface area contributed by atoms with E-state index < -0.39 is 25.1 Å². The van der Waals surface area contributed by atoms with Crippen molar-refractivity contribution in [2.75, 3.05) is 31.2 Å². The molecular weight excluding hydrogens is 679 g/mol. The fraction of sp³-hybridized carbons (Fsp3) is 0.512. The molecule has 8 nitrogen and oxygen atoms in total. The van der Waals surface area contributed by atoms with E-state index in [4.69, 9.17) is 9.72 Å². The number of aliphatic hydroxyl groups is 1. The van der Waals surface area contributed by atoms with E-state index in [1.807, 2.05) is 4.90 Å². The van der Waals surface area contributed by atoms with Crippen molar-refractivity contribution in [1.29, 1.82) is 0 Å². The molecule has 0 radical (unpaired) electrons. The number of halogens is 2. The minimum atomic E-state index is -2.28. The lowest BCUT2D eigenvalue weighted by Gasteiger charge is -2.47. The summed E-state index contributed by atoms with van der Waals surface area (Å²) in [6.07, 6.45) is 6.11. The molecule has 2 saturated carbocycles. The number of fused-ring (bicyclic) bond motifs is 2. The Labute approximate surface area is 305 Å². The molecule has 2 aromatic carbocycles. The fourth-order valence-corrected chi connectivity index (χ4v) is 14.1. The number of hydrogen-bond acceptors (Lipinski definition) is 8. The van der Waals surface area contributed by atoms with Gasteiger partial charge < -0.3 is 19.8 Å². The molecule has 1 spiro atoms. The number of anilines is 1. The van der Waals surface area contributed by atoms with Crippen molar-refractivity contribution >= 4 is 41.4 Å². The van der Waals surface area contributed by atoms with E-state index in [9.17, 15) is 15.0 Å². The summed E-state index contributed by atoms with van der Waals surface area (Å²) in [5.74, 6) is 2.50.